The van der Waals surface area contributed by atoms with Gasteiger partial charge in [0, 0.05) is 6.54 Å². The first-order valence-corrected chi connectivity index (χ1v) is 10.7. The molecule has 0 aromatic heterocycles. The van der Waals surface area contributed by atoms with Crippen molar-refractivity contribution >= 4 is 0 Å². The average molecular weight is 419 g/mol. The van der Waals surface area contributed by atoms with Gasteiger partial charge in [0.1, 0.15) is 17.2 Å². The Labute approximate surface area is 175 Å². The molecular weight excluding hydrogens is 391 g/mol. The van der Waals surface area contributed by atoms with Crippen LogP contribution in [0, 0.1) is 5.41 Å². The van der Waals surface area contributed by atoms with Crippen LogP contribution in [0.2, 0.25) is 0 Å². The summed E-state index contributed by atoms with van der Waals surface area (Å²) in [6.45, 7) is 3.29. The molecule has 0 unspecified atom stereocenters. The second-order valence-corrected chi connectivity index (χ2v) is 8.60. The number of halogens is 3. The Balaban J connectivity index is 1.27. The van der Waals surface area contributed by atoms with Gasteiger partial charge in [-0.3, -0.25) is 4.90 Å². The lowest BCUT2D eigenvalue weighted by atomic mass is 9.68. The van der Waals surface area contributed by atoms with E-state index in [1.807, 2.05) is 12.1 Å². The Morgan fingerprint density at radius 1 is 0.733 bits per heavy atom. The lowest BCUT2D eigenvalue weighted by Crippen LogP contribution is -2.40. The monoisotopic (exact) mass is 419 g/mol. The first-order valence-electron chi connectivity index (χ1n) is 10.7. The van der Waals surface area contributed by atoms with Gasteiger partial charge in [-0.05, 0) is 86.1 Å². The van der Waals surface area contributed by atoms with Crippen LogP contribution in [0.1, 0.15) is 50.5 Å². The molecule has 4 rings (SSSR count). The third-order valence-electron chi connectivity index (χ3n) is 6.45. The van der Waals surface area contributed by atoms with Gasteiger partial charge in [0.15, 0.2) is 0 Å². The summed E-state index contributed by atoms with van der Waals surface area (Å²) in [7, 11) is 0. The highest BCUT2D eigenvalue weighted by Crippen LogP contribution is 2.44. The van der Waals surface area contributed by atoms with Crippen molar-refractivity contribution in [3.63, 3.8) is 0 Å². The Kier molecular flexibility index (Phi) is 6.23. The number of likely N-dealkylation sites (tertiary alicyclic amines) is 1. The largest absolute Gasteiger partial charge is 0.573 e. The summed E-state index contributed by atoms with van der Waals surface area (Å²) < 4.78 is 46.3. The normalized spacial score (nSPS) is 19.6. The fourth-order valence-corrected chi connectivity index (χ4v) is 4.75. The second-order valence-electron chi connectivity index (χ2n) is 8.60. The molecule has 0 bridgehead atoms. The van der Waals surface area contributed by atoms with Crippen LogP contribution in [0.4, 0.5) is 13.2 Å². The van der Waals surface area contributed by atoms with E-state index in [2.05, 4.69) is 21.8 Å². The highest BCUT2D eigenvalue weighted by Gasteiger charge is 2.35. The number of nitrogens with zero attached hydrogens (tertiary/aromatic N) is 1. The summed E-state index contributed by atoms with van der Waals surface area (Å²) in [5, 5.41) is 0. The summed E-state index contributed by atoms with van der Waals surface area (Å²) >= 11 is 0. The maximum atomic E-state index is 12.2. The topological polar surface area (TPSA) is 21.7 Å². The fourth-order valence-electron chi connectivity index (χ4n) is 4.75. The van der Waals surface area contributed by atoms with Crippen molar-refractivity contribution in [3.8, 4) is 17.2 Å². The molecule has 0 amide bonds. The smallest absolute Gasteiger partial charge is 0.457 e. The van der Waals surface area contributed by atoms with Crippen molar-refractivity contribution in [2.75, 3.05) is 13.1 Å². The predicted molar refractivity (Wildman–Crippen MR) is 110 cm³/mol. The van der Waals surface area contributed by atoms with Crippen molar-refractivity contribution in [2.45, 2.75) is 57.9 Å². The first-order chi connectivity index (χ1) is 14.4. The van der Waals surface area contributed by atoms with Gasteiger partial charge in [-0.25, -0.2) is 0 Å². The van der Waals surface area contributed by atoms with Gasteiger partial charge in [-0.2, -0.15) is 0 Å². The molecular formula is C24H28F3NO2. The van der Waals surface area contributed by atoms with Gasteiger partial charge in [-0.1, -0.05) is 31.4 Å². The zero-order chi connectivity index (χ0) is 21.0. The molecule has 2 aromatic carbocycles. The SMILES string of the molecule is FC(F)(F)Oc1ccc(Oc2ccc(CN3CCC4(CCCCC4)CC3)cc2)cc1. The van der Waals surface area contributed by atoms with E-state index < -0.39 is 6.36 Å². The predicted octanol–water partition coefficient (Wildman–Crippen LogP) is 6.92. The van der Waals surface area contributed by atoms with Crippen LogP contribution in [-0.2, 0) is 6.54 Å². The van der Waals surface area contributed by atoms with E-state index >= 15 is 0 Å². The molecule has 3 nitrogen and oxygen atoms in total. The maximum Gasteiger partial charge on any atom is 0.573 e. The average Bonchev–Trinajstić information content (AvgIpc) is 2.72. The molecule has 1 aliphatic carbocycles. The molecule has 0 radical (unpaired) electrons. The number of piperidine rings is 1. The van der Waals surface area contributed by atoms with E-state index in [4.69, 9.17) is 4.74 Å². The molecule has 2 fully saturated rings. The molecule has 2 aromatic rings. The van der Waals surface area contributed by atoms with Gasteiger partial charge in [0.05, 0.1) is 0 Å². The van der Waals surface area contributed by atoms with Crippen LogP contribution in [0.3, 0.4) is 0 Å². The molecule has 1 heterocycles. The standard InChI is InChI=1S/C24H28F3NO2/c25-24(26,27)30-22-10-8-21(9-11-22)29-20-6-4-19(5-7-20)18-28-16-14-23(15-17-28)12-2-1-3-13-23/h4-11H,1-3,12-18H2. The minimum Gasteiger partial charge on any atom is -0.457 e. The number of hydrogen-bond donors (Lipinski definition) is 0. The number of alkyl halides is 3. The Bertz CT molecular complexity index is 802. The summed E-state index contributed by atoms with van der Waals surface area (Å²) in [5.74, 6) is 0.857. The van der Waals surface area contributed by atoms with Crippen LogP contribution in [0.15, 0.2) is 48.5 Å². The van der Waals surface area contributed by atoms with E-state index in [-0.39, 0.29) is 5.75 Å². The van der Waals surface area contributed by atoms with Crippen LogP contribution in [0.25, 0.3) is 0 Å². The summed E-state index contributed by atoms with van der Waals surface area (Å²) in [6.07, 6.45) is 4.99. The van der Waals surface area contributed by atoms with Crippen LogP contribution in [-0.4, -0.2) is 24.4 Å². The Hall–Kier alpha value is -2.21. The lowest BCUT2D eigenvalue weighted by molar-refractivity contribution is -0.274. The van der Waals surface area contributed by atoms with Crippen LogP contribution < -0.4 is 9.47 Å². The third-order valence-corrected chi connectivity index (χ3v) is 6.45. The molecule has 1 spiro atoms. The minimum atomic E-state index is -4.69. The number of ether oxygens (including phenoxy) is 2. The van der Waals surface area contributed by atoms with Gasteiger partial charge < -0.3 is 9.47 Å². The highest BCUT2D eigenvalue weighted by molar-refractivity contribution is 5.36. The lowest BCUT2D eigenvalue weighted by Gasteiger charge is -2.44. The van der Waals surface area contributed by atoms with Crippen molar-refractivity contribution in [1.29, 1.82) is 0 Å². The van der Waals surface area contributed by atoms with Crippen LogP contribution >= 0.6 is 0 Å². The number of benzene rings is 2. The fraction of sp³-hybridized carbons (Fsp3) is 0.500. The summed E-state index contributed by atoms with van der Waals surface area (Å²) in [4.78, 5) is 2.54. The van der Waals surface area contributed by atoms with E-state index in [1.54, 1.807) is 0 Å². The van der Waals surface area contributed by atoms with Crippen molar-refractivity contribution in [1.82, 2.24) is 4.90 Å². The molecule has 6 heteroatoms. The van der Waals surface area contributed by atoms with E-state index in [1.165, 1.54) is 87.9 Å². The van der Waals surface area contributed by atoms with Crippen LogP contribution in [0.5, 0.6) is 17.2 Å². The van der Waals surface area contributed by atoms with E-state index in [9.17, 15) is 13.2 Å². The minimum absolute atomic E-state index is 0.262. The van der Waals surface area contributed by atoms with Crippen molar-refractivity contribution < 1.29 is 22.6 Å². The second kappa shape index (κ2) is 8.88. The van der Waals surface area contributed by atoms with Gasteiger partial charge >= 0.3 is 6.36 Å². The quantitative estimate of drug-likeness (QED) is 0.525. The highest BCUT2D eigenvalue weighted by atomic mass is 19.4. The third kappa shape index (κ3) is 5.69. The van der Waals surface area contributed by atoms with Gasteiger partial charge in [-0.15, -0.1) is 13.2 Å². The molecule has 1 saturated heterocycles. The molecule has 30 heavy (non-hydrogen) atoms. The maximum absolute atomic E-state index is 12.2. The van der Waals surface area contributed by atoms with Gasteiger partial charge in [0.25, 0.3) is 0 Å². The number of hydrogen-bond acceptors (Lipinski definition) is 3. The molecule has 0 N–H and O–H groups in total. The number of rotatable bonds is 5. The molecule has 162 valence electrons. The van der Waals surface area contributed by atoms with E-state index in [0.29, 0.717) is 16.9 Å². The van der Waals surface area contributed by atoms with E-state index in [0.717, 1.165) is 6.54 Å². The first kappa shape index (κ1) is 21.0. The van der Waals surface area contributed by atoms with Crippen molar-refractivity contribution in [2.24, 2.45) is 5.41 Å². The zero-order valence-corrected chi connectivity index (χ0v) is 17.1. The zero-order valence-electron chi connectivity index (χ0n) is 17.1. The Morgan fingerprint density at radius 2 is 1.27 bits per heavy atom. The molecule has 1 aliphatic heterocycles. The summed E-state index contributed by atoms with van der Waals surface area (Å²) in [5.41, 5.74) is 1.86. The molecule has 2 aliphatic rings. The Morgan fingerprint density at radius 3 is 1.83 bits per heavy atom. The molecule has 0 atom stereocenters. The van der Waals surface area contributed by atoms with Crippen molar-refractivity contribution in [3.05, 3.63) is 54.1 Å². The molecule has 1 saturated carbocycles. The van der Waals surface area contributed by atoms with Gasteiger partial charge in [0.2, 0.25) is 0 Å². The summed E-state index contributed by atoms with van der Waals surface area (Å²) in [6, 6.07) is 13.3.